The predicted molar refractivity (Wildman–Crippen MR) is 115 cm³/mol. The van der Waals surface area contributed by atoms with Gasteiger partial charge in [0.25, 0.3) is 0 Å². The first-order chi connectivity index (χ1) is 11.6. The number of benzene rings is 2. The van der Waals surface area contributed by atoms with Gasteiger partial charge in [-0.3, -0.25) is 0 Å². The van der Waals surface area contributed by atoms with Crippen LogP contribution in [0.5, 0.6) is 0 Å². The van der Waals surface area contributed by atoms with Crippen LogP contribution in [0, 0.1) is 20.8 Å². The van der Waals surface area contributed by atoms with Crippen LogP contribution in [0.2, 0.25) is 13.1 Å². The van der Waals surface area contributed by atoms with Gasteiger partial charge in [-0.1, -0.05) is 60.6 Å². The average Bonchev–Trinajstić information content (AvgIpc) is 2.82. The molecule has 0 saturated carbocycles. The minimum atomic E-state index is -1.92. The van der Waals surface area contributed by atoms with Crippen LogP contribution in [-0.2, 0) is 14.7 Å². The molecule has 0 bridgehead atoms. The Morgan fingerprint density at radius 2 is 1.36 bits per heavy atom. The van der Waals surface area contributed by atoms with Gasteiger partial charge in [0.2, 0.25) is 0 Å². The molecule has 0 aliphatic carbocycles. The third-order valence-corrected chi connectivity index (χ3v) is 8.21. The molecule has 0 N–H and O–H groups in total. The van der Waals surface area contributed by atoms with Gasteiger partial charge >= 0.3 is 42.6 Å². The van der Waals surface area contributed by atoms with Gasteiger partial charge in [0.15, 0.2) is 0 Å². The number of hydrogen-bond acceptors (Lipinski definition) is 0. The van der Waals surface area contributed by atoms with Crippen molar-refractivity contribution < 1.29 is 14.7 Å². The molecule has 0 nitrogen and oxygen atoms in total. The van der Waals surface area contributed by atoms with Crippen molar-refractivity contribution in [3.63, 3.8) is 0 Å². The summed E-state index contributed by atoms with van der Waals surface area (Å²) in [6, 6.07) is 18.2. The maximum atomic E-state index is 4.97. The number of hydrogen-bond donors (Lipinski definition) is 0. The van der Waals surface area contributed by atoms with Crippen molar-refractivity contribution in [2.24, 2.45) is 0 Å². The van der Waals surface area contributed by atoms with Crippen molar-refractivity contribution in [1.82, 2.24) is 0 Å². The molecule has 3 rings (SSSR count). The fourth-order valence-electron chi connectivity index (χ4n) is 3.68. The van der Waals surface area contributed by atoms with E-state index in [1.54, 1.807) is 10.4 Å². The van der Waals surface area contributed by atoms with Crippen molar-refractivity contribution >= 4 is 57.1 Å². The summed E-state index contributed by atoms with van der Waals surface area (Å²) >= 11 is -1.92. The molecule has 0 saturated heterocycles. The number of fused-ring (bicyclic) bond motifs is 1. The molecule has 0 fully saturated rings. The first-order valence-electron chi connectivity index (χ1n) is 8.20. The van der Waals surface area contributed by atoms with Gasteiger partial charge in [-0.05, 0) is 13.8 Å². The number of halogens is 3. The standard InChI is InChI=1S/C20H23Si.3ClH.Ti/c1-14-10-15(2)12-18(11-14)21(4,5)20-16(3)13-17-8-6-7-9-19(17)20;;;;/h6-13H,1-5H3;3*1H;/q-1;;;;+4/p-3. The third-order valence-electron chi connectivity index (χ3n) is 4.56. The van der Waals surface area contributed by atoms with E-state index >= 15 is 0 Å². The van der Waals surface area contributed by atoms with Gasteiger partial charge < -0.3 is 0 Å². The second-order valence-electron chi connectivity index (χ2n) is 7.01. The number of rotatable bonds is 2. The summed E-state index contributed by atoms with van der Waals surface area (Å²) in [4.78, 5) is 0. The Bertz CT molecular complexity index is 845. The van der Waals surface area contributed by atoms with Crippen LogP contribution in [0.4, 0.5) is 0 Å². The molecule has 5 heteroatoms. The van der Waals surface area contributed by atoms with Gasteiger partial charge in [-0.2, -0.15) is 6.07 Å². The molecule has 0 aliphatic heterocycles. The second kappa shape index (κ2) is 8.69. The van der Waals surface area contributed by atoms with Crippen molar-refractivity contribution in [3.05, 3.63) is 65.2 Å². The summed E-state index contributed by atoms with van der Waals surface area (Å²) in [6.07, 6.45) is 0. The van der Waals surface area contributed by atoms with E-state index in [1.165, 1.54) is 27.5 Å². The summed E-state index contributed by atoms with van der Waals surface area (Å²) in [5.41, 5.74) is 4.20. The van der Waals surface area contributed by atoms with Crippen LogP contribution in [-0.4, -0.2) is 8.07 Å². The van der Waals surface area contributed by atoms with E-state index < -0.39 is 22.8 Å². The Morgan fingerprint density at radius 1 is 0.840 bits per heavy atom. The van der Waals surface area contributed by atoms with Gasteiger partial charge in [0.05, 0.1) is 8.07 Å². The minimum absolute atomic E-state index is 1.37. The molecule has 0 aromatic heterocycles. The molecule has 25 heavy (non-hydrogen) atoms. The van der Waals surface area contributed by atoms with E-state index in [1.807, 2.05) is 0 Å². The second-order valence-corrected chi connectivity index (χ2v) is 19.1. The van der Waals surface area contributed by atoms with E-state index in [4.69, 9.17) is 27.9 Å². The monoisotopic (exact) mass is 444 g/mol. The summed E-state index contributed by atoms with van der Waals surface area (Å²) in [7, 11) is 13.2. The third kappa shape index (κ3) is 5.19. The first kappa shape index (κ1) is 21.2. The van der Waals surface area contributed by atoms with E-state index in [2.05, 4.69) is 82.4 Å². The Kier molecular flexibility index (Phi) is 7.36. The molecular formula is C20H23Cl3SiTi. The van der Waals surface area contributed by atoms with Gasteiger partial charge in [-0.25, -0.2) is 0 Å². The van der Waals surface area contributed by atoms with Gasteiger partial charge in [0, 0.05) is 0 Å². The van der Waals surface area contributed by atoms with E-state index in [9.17, 15) is 0 Å². The molecule has 0 amide bonds. The van der Waals surface area contributed by atoms with Crippen molar-refractivity contribution in [2.75, 3.05) is 0 Å². The zero-order valence-electron chi connectivity index (χ0n) is 15.3. The first-order valence-corrected chi connectivity index (χ1v) is 17.6. The molecule has 0 heterocycles. The quantitative estimate of drug-likeness (QED) is 0.317. The summed E-state index contributed by atoms with van der Waals surface area (Å²) < 4.78 is 0. The van der Waals surface area contributed by atoms with Crippen LogP contribution >= 0.6 is 27.9 Å². The molecule has 0 spiro atoms. The van der Waals surface area contributed by atoms with Crippen molar-refractivity contribution in [1.29, 1.82) is 0 Å². The molecule has 0 aliphatic rings. The Hall–Kier alpha value is -0.149. The van der Waals surface area contributed by atoms with Crippen LogP contribution in [0.15, 0.2) is 48.5 Å². The zero-order chi connectivity index (χ0) is 18.8. The van der Waals surface area contributed by atoms with Crippen LogP contribution in [0.25, 0.3) is 10.8 Å². The van der Waals surface area contributed by atoms with E-state index in [0.717, 1.165) is 0 Å². The van der Waals surface area contributed by atoms with Crippen molar-refractivity contribution in [2.45, 2.75) is 33.9 Å². The Balaban J connectivity index is 0.000000511. The Labute approximate surface area is 169 Å². The predicted octanol–water partition coefficient (Wildman–Crippen LogP) is 6.37. The molecular weight excluding hydrogens is 423 g/mol. The van der Waals surface area contributed by atoms with Gasteiger partial charge in [0.1, 0.15) is 0 Å². The molecule has 0 atom stereocenters. The molecule has 3 aromatic carbocycles. The van der Waals surface area contributed by atoms with Gasteiger partial charge in [-0.15, -0.1) is 39.7 Å². The zero-order valence-corrected chi connectivity index (χ0v) is 20.1. The van der Waals surface area contributed by atoms with Crippen molar-refractivity contribution in [3.8, 4) is 0 Å². The van der Waals surface area contributed by atoms with Crippen LogP contribution < -0.4 is 10.4 Å². The van der Waals surface area contributed by atoms with E-state index in [0.29, 0.717) is 0 Å². The van der Waals surface area contributed by atoms with E-state index in [-0.39, 0.29) is 0 Å². The molecule has 0 radical (unpaired) electrons. The molecule has 132 valence electrons. The normalized spacial score (nSPS) is 11.2. The SMILES string of the molecule is Cc1cc(C)cc([Si](C)(C)[c-]2c(C)cc3ccccc32)c1.[Cl][Ti+]([Cl])[Cl]. The molecule has 0 unspecified atom stereocenters. The maximum absolute atomic E-state index is 4.97. The van der Waals surface area contributed by atoms with Crippen LogP contribution in [0.3, 0.4) is 0 Å². The average molecular weight is 446 g/mol. The summed E-state index contributed by atoms with van der Waals surface area (Å²) in [5.74, 6) is 0. The fraction of sp³-hybridized carbons (Fsp3) is 0.250. The molecule has 3 aromatic rings. The topological polar surface area (TPSA) is 0 Å². The summed E-state index contributed by atoms with van der Waals surface area (Å²) in [6.45, 7) is 11.6. The Morgan fingerprint density at radius 3 is 1.92 bits per heavy atom. The fourth-order valence-corrected chi connectivity index (χ4v) is 7.10. The van der Waals surface area contributed by atoms with Crippen LogP contribution in [0.1, 0.15) is 16.7 Å². The number of aryl methyl sites for hydroxylation is 3. The summed E-state index contributed by atoms with van der Waals surface area (Å²) in [5, 5.41) is 5.98.